The molecule has 4 heterocycles. The van der Waals surface area contributed by atoms with Crippen molar-refractivity contribution in [3.63, 3.8) is 0 Å². The van der Waals surface area contributed by atoms with Gasteiger partial charge >= 0.3 is 0 Å². The van der Waals surface area contributed by atoms with Gasteiger partial charge in [0, 0.05) is 42.3 Å². The number of ether oxygens (including phenoxy) is 1. The fraction of sp³-hybridized carbons (Fsp3) is 0.381. The maximum absolute atomic E-state index is 5.52. The van der Waals surface area contributed by atoms with Gasteiger partial charge in [-0.25, -0.2) is 9.97 Å². The van der Waals surface area contributed by atoms with E-state index >= 15 is 0 Å². The molecule has 6 rings (SSSR count). The van der Waals surface area contributed by atoms with Crippen molar-refractivity contribution >= 4 is 28.0 Å². The van der Waals surface area contributed by atoms with Gasteiger partial charge in [0.05, 0.1) is 19.5 Å². The third-order valence-electron chi connectivity index (χ3n) is 5.75. The Morgan fingerprint density at radius 3 is 2.86 bits per heavy atom. The summed E-state index contributed by atoms with van der Waals surface area (Å²) in [6, 6.07) is 8.39. The third-order valence-corrected chi connectivity index (χ3v) is 5.75. The number of nitrogens with one attached hydrogen (secondary N) is 1. The number of fused-ring (bicyclic) bond motifs is 2. The Balaban J connectivity index is 1.57. The second-order valence-electron chi connectivity index (χ2n) is 7.73. The first kappa shape index (κ1) is 16.1. The summed E-state index contributed by atoms with van der Waals surface area (Å²) in [4.78, 5) is 20.2. The Morgan fingerprint density at radius 1 is 1.11 bits per heavy atom. The van der Waals surface area contributed by atoms with Crippen molar-refractivity contribution in [2.75, 3.05) is 31.2 Å². The van der Waals surface area contributed by atoms with E-state index in [4.69, 9.17) is 19.7 Å². The van der Waals surface area contributed by atoms with Gasteiger partial charge in [0.2, 0.25) is 5.95 Å². The summed E-state index contributed by atoms with van der Waals surface area (Å²) in [6.45, 7) is 4.05. The summed E-state index contributed by atoms with van der Waals surface area (Å²) in [5, 5.41) is 1.16. The first-order valence-corrected chi connectivity index (χ1v) is 9.99. The molecular formula is C21H22N6O. The molecule has 1 aromatic carbocycles. The average molecular weight is 374 g/mol. The number of aromatic amines is 1. The largest absolute Gasteiger partial charge is 0.378 e. The topological polar surface area (TPSA) is 71.9 Å². The second kappa shape index (κ2) is 6.31. The third kappa shape index (κ3) is 2.65. The molecule has 3 aromatic heterocycles. The molecule has 1 aliphatic heterocycles. The Bertz CT molecular complexity index is 1150. The van der Waals surface area contributed by atoms with Crippen LogP contribution in [0.3, 0.4) is 0 Å². The number of imidazole rings is 1. The lowest BCUT2D eigenvalue weighted by atomic mass is 10.1. The van der Waals surface area contributed by atoms with Crippen molar-refractivity contribution in [3.05, 3.63) is 36.8 Å². The van der Waals surface area contributed by atoms with Crippen molar-refractivity contribution in [2.24, 2.45) is 5.92 Å². The van der Waals surface area contributed by atoms with Crippen molar-refractivity contribution < 1.29 is 4.74 Å². The molecule has 142 valence electrons. The number of rotatable bonds is 4. The number of morpholine rings is 1. The van der Waals surface area contributed by atoms with Gasteiger partial charge in [-0.05, 0) is 30.9 Å². The van der Waals surface area contributed by atoms with Crippen LogP contribution in [0.15, 0.2) is 36.8 Å². The van der Waals surface area contributed by atoms with Crippen LogP contribution in [0.25, 0.3) is 33.3 Å². The summed E-state index contributed by atoms with van der Waals surface area (Å²) in [5.41, 5.74) is 4.93. The lowest BCUT2D eigenvalue weighted by molar-refractivity contribution is 0.122. The molecule has 0 amide bonds. The highest BCUT2D eigenvalue weighted by Gasteiger charge is 2.25. The number of benzene rings is 1. The summed E-state index contributed by atoms with van der Waals surface area (Å²) in [7, 11) is 0. The first-order valence-electron chi connectivity index (χ1n) is 9.99. The van der Waals surface area contributed by atoms with E-state index in [-0.39, 0.29) is 0 Å². The highest BCUT2D eigenvalue weighted by molar-refractivity contribution is 6.00. The Kier molecular flexibility index (Phi) is 3.62. The SMILES string of the molecule is c1cc(-c2nc(N3CCOCC3)nc3c2ncn3CC2CC2)c2cc[nH]c2c1. The molecular weight excluding hydrogens is 352 g/mol. The minimum atomic E-state index is 0.714. The number of anilines is 1. The minimum absolute atomic E-state index is 0.714. The molecule has 0 radical (unpaired) electrons. The fourth-order valence-electron chi connectivity index (χ4n) is 4.03. The van der Waals surface area contributed by atoms with Crippen LogP contribution in [0.2, 0.25) is 0 Å². The van der Waals surface area contributed by atoms with Crippen molar-refractivity contribution in [2.45, 2.75) is 19.4 Å². The molecule has 7 heteroatoms. The maximum atomic E-state index is 5.52. The summed E-state index contributed by atoms with van der Waals surface area (Å²) in [6.07, 6.45) is 6.51. The standard InChI is InChI=1S/C21H22N6O/c1-2-16(15-6-7-22-17(15)3-1)18-19-20(27(13-23-19)12-14-4-5-14)25-21(24-18)26-8-10-28-11-9-26/h1-3,6-7,13-14,22H,4-5,8-12H2. The number of aromatic nitrogens is 5. The normalized spacial score (nSPS) is 17.6. The number of hydrogen-bond acceptors (Lipinski definition) is 5. The van der Waals surface area contributed by atoms with Crippen LogP contribution in [0.4, 0.5) is 5.95 Å². The van der Waals surface area contributed by atoms with Gasteiger partial charge in [0.25, 0.3) is 0 Å². The predicted molar refractivity (Wildman–Crippen MR) is 108 cm³/mol. The molecule has 0 atom stereocenters. The molecule has 1 N–H and O–H groups in total. The molecule has 0 spiro atoms. The summed E-state index contributed by atoms with van der Waals surface area (Å²) >= 11 is 0. The molecule has 2 aliphatic rings. The van der Waals surface area contributed by atoms with E-state index in [1.165, 1.54) is 12.8 Å². The zero-order chi connectivity index (χ0) is 18.5. The minimum Gasteiger partial charge on any atom is -0.378 e. The summed E-state index contributed by atoms with van der Waals surface area (Å²) in [5.74, 6) is 1.53. The Hall–Kier alpha value is -2.93. The zero-order valence-electron chi connectivity index (χ0n) is 15.6. The number of hydrogen-bond donors (Lipinski definition) is 1. The van der Waals surface area contributed by atoms with Crippen LogP contribution in [-0.4, -0.2) is 50.8 Å². The van der Waals surface area contributed by atoms with E-state index in [0.29, 0.717) is 13.2 Å². The molecule has 1 saturated heterocycles. The van der Waals surface area contributed by atoms with Gasteiger partial charge in [-0.3, -0.25) is 0 Å². The van der Waals surface area contributed by atoms with Crippen molar-refractivity contribution in [3.8, 4) is 11.3 Å². The lowest BCUT2D eigenvalue weighted by Gasteiger charge is -2.27. The summed E-state index contributed by atoms with van der Waals surface area (Å²) < 4.78 is 7.73. The Morgan fingerprint density at radius 2 is 2.00 bits per heavy atom. The van der Waals surface area contributed by atoms with Crippen molar-refractivity contribution in [1.29, 1.82) is 0 Å². The van der Waals surface area contributed by atoms with Crippen molar-refractivity contribution in [1.82, 2.24) is 24.5 Å². The van der Waals surface area contributed by atoms with Crippen LogP contribution < -0.4 is 4.90 Å². The van der Waals surface area contributed by atoms with Gasteiger partial charge in [0.1, 0.15) is 11.2 Å². The van der Waals surface area contributed by atoms with Crippen LogP contribution in [0.1, 0.15) is 12.8 Å². The van der Waals surface area contributed by atoms with Crippen LogP contribution in [0, 0.1) is 5.92 Å². The highest BCUT2D eigenvalue weighted by atomic mass is 16.5. The van der Waals surface area contributed by atoms with Crippen LogP contribution >= 0.6 is 0 Å². The predicted octanol–water partition coefficient (Wildman–Crippen LogP) is 3.22. The monoisotopic (exact) mass is 374 g/mol. The highest BCUT2D eigenvalue weighted by Crippen LogP contribution is 2.35. The molecule has 0 unspecified atom stereocenters. The van der Waals surface area contributed by atoms with E-state index in [0.717, 1.165) is 64.8 Å². The van der Waals surface area contributed by atoms with Crippen LogP contribution in [-0.2, 0) is 11.3 Å². The molecule has 4 aromatic rings. The first-order chi connectivity index (χ1) is 13.9. The van der Waals surface area contributed by atoms with E-state index in [9.17, 15) is 0 Å². The zero-order valence-corrected chi connectivity index (χ0v) is 15.6. The molecule has 2 fully saturated rings. The van der Waals surface area contributed by atoms with Gasteiger partial charge in [-0.2, -0.15) is 4.98 Å². The molecule has 1 aliphatic carbocycles. The van der Waals surface area contributed by atoms with E-state index in [2.05, 4.69) is 38.7 Å². The number of nitrogens with zero attached hydrogens (tertiary/aromatic N) is 5. The lowest BCUT2D eigenvalue weighted by Crippen LogP contribution is -2.37. The molecule has 0 bridgehead atoms. The smallest absolute Gasteiger partial charge is 0.228 e. The van der Waals surface area contributed by atoms with Gasteiger partial charge in [-0.1, -0.05) is 12.1 Å². The van der Waals surface area contributed by atoms with E-state index in [1.807, 2.05) is 12.5 Å². The van der Waals surface area contributed by atoms with E-state index in [1.54, 1.807) is 0 Å². The van der Waals surface area contributed by atoms with Gasteiger partial charge in [-0.15, -0.1) is 0 Å². The van der Waals surface area contributed by atoms with Gasteiger partial charge < -0.3 is 19.2 Å². The van der Waals surface area contributed by atoms with Gasteiger partial charge in [0.15, 0.2) is 5.65 Å². The second-order valence-corrected chi connectivity index (χ2v) is 7.73. The average Bonchev–Trinajstić information content (AvgIpc) is 3.26. The molecule has 28 heavy (non-hydrogen) atoms. The number of H-pyrrole nitrogens is 1. The van der Waals surface area contributed by atoms with E-state index < -0.39 is 0 Å². The van der Waals surface area contributed by atoms with Crippen LogP contribution in [0.5, 0.6) is 0 Å². The quantitative estimate of drug-likeness (QED) is 0.594. The maximum Gasteiger partial charge on any atom is 0.228 e. The Labute approximate surface area is 162 Å². The molecule has 7 nitrogen and oxygen atoms in total. The molecule has 1 saturated carbocycles. The fourth-order valence-corrected chi connectivity index (χ4v) is 4.03.